The Kier molecular flexibility index (Phi) is 5.11. The van der Waals surface area contributed by atoms with Crippen LogP contribution in [-0.4, -0.2) is 72.2 Å². The first kappa shape index (κ1) is 17.5. The maximum Gasteiger partial charge on any atom is 0.273 e. The highest BCUT2D eigenvalue weighted by molar-refractivity contribution is 7.88. The summed E-state index contributed by atoms with van der Waals surface area (Å²) in [5, 5.41) is 10.5. The predicted octanol–water partition coefficient (Wildman–Crippen LogP) is -0.342. The van der Waals surface area contributed by atoms with Gasteiger partial charge in [0.1, 0.15) is 0 Å². The van der Waals surface area contributed by atoms with E-state index in [4.69, 9.17) is 4.74 Å². The molecule has 1 aliphatic rings. The Hall–Kier alpha value is -2.30. The van der Waals surface area contributed by atoms with Crippen molar-refractivity contribution in [2.24, 2.45) is 0 Å². The molecule has 3 rings (SSSR count). The van der Waals surface area contributed by atoms with Gasteiger partial charge in [-0.15, -0.1) is 5.10 Å². The van der Waals surface area contributed by atoms with Crippen LogP contribution in [0, 0.1) is 0 Å². The van der Waals surface area contributed by atoms with E-state index < -0.39 is 16.1 Å². The van der Waals surface area contributed by atoms with Gasteiger partial charge in [0.05, 0.1) is 30.9 Å². The van der Waals surface area contributed by atoms with Crippen LogP contribution in [0.15, 0.2) is 36.5 Å². The van der Waals surface area contributed by atoms with Crippen LogP contribution in [0.3, 0.4) is 0 Å². The van der Waals surface area contributed by atoms with Crippen LogP contribution >= 0.6 is 0 Å². The Morgan fingerprint density at radius 2 is 2.12 bits per heavy atom. The van der Waals surface area contributed by atoms with E-state index in [1.54, 1.807) is 0 Å². The lowest BCUT2D eigenvalue weighted by Gasteiger charge is -2.31. The Morgan fingerprint density at radius 1 is 1.36 bits per heavy atom. The van der Waals surface area contributed by atoms with E-state index in [9.17, 15) is 13.2 Å². The van der Waals surface area contributed by atoms with E-state index in [1.807, 2.05) is 30.3 Å². The lowest BCUT2D eigenvalue weighted by Crippen LogP contribution is -2.49. The highest BCUT2D eigenvalue weighted by atomic mass is 32.2. The quantitative estimate of drug-likeness (QED) is 0.777. The molecule has 1 aliphatic heterocycles. The fourth-order valence-corrected chi connectivity index (χ4v) is 3.33. The molecule has 0 aliphatic carbocycles. The first-order chi connectivity index (χ1) is 11.9. The number of benzene rings is 1. The number of carbonyl (C=O) groups excluding carboxylic acids is 1. The molecule has 1 fully saturated rings. The maximum absolute atomic E-state index is 12.2. The summed E-state index contributed by atoms with van der Waals surface area (Å²) >= 11 is 0. The van der Waals surface area contributed by atoms with Crippen LogP contribution in [0.4, 0.5) is 0 Å². The maximum atomic E-state index is 12.2. The molecular formula is C15H19N5O4S. The molecule has 25 heavy (non-hydrogen) atoms. The number of ether oxygens (including phenoxy) is 1. The molecule has 1 aromatic carbocycles. The molecule has 9 nitrogen and oxygen atoms in total. The molecule has 1 saturated heterocycles. The van der Waals surface area contributed by atoms with Crippen LogP contribution < -0.4 is 5.32 Å². The minimum atomic E-state index is -3.26. The number of nitrogens with one attached hydrogen (secondary N) is 1. The molecule has 0 bridgehead atoms. The second-order valence-electron chi connectivity index (χ2n) is 5.71. The number of amides is 1. The van der Waals surface area contributed by atoms with Gasteiger partial charge in [0.2, 0.25) is 10.0 Å². The average molecular weight is 365 g/mol. The number of morpholine rings is 1. The minimum Gasteiger partial charge on any atom is -0.374 e. The molecule has 10 heteroatoms. The van der Waals surface area contributed by atoms with Crippen molar-refractivity contribution >= 4 is 15.9 Å². The summed E-state index contributed by atoms with van der Waals surface area (Å²) in [4.78, 5) is 12.2. The van der Waals surface area contributed by atoms with Crippen LogP contribution in [0.25, 0.3) is 5.69 Å². The lowest BCUT2D eigenvalue weighted by molar-refractivity contribution is 0.000411. The van der Waals surface area contributed by atoms with E-state index in [0.29, 0.717) is 13.2 Å². The molecule has 134 valence electrons. The van der Waals surface area contributed by atoms with E-state index in [1.165, 1.54) is 15.2 Å². The number of rotatable bonds is 5. The van der Waals surface area contributed by atoms with Gasteiger partial charge in [0, 0.05) is 19.6 Å². The van der Waals surface area contributed by atoms with Crippen molar-refractivity contribution in [2.75, 3.05) is 32.5 Å². The average Bonchev–Trinajstić information content (AvgIpc) is 3.10. The summed E-state index contributed by atoms with van der Waals surface area (Å²) in [5.41, 5.74) is 0.980. The summed E-state index contributed by atoms with van der Waals surface area (Å²) in [6.07, 6.45) is 2.31. The van der Waals surface area contributed by atoms with Gasteiger partial charge in [0.15, 0.2) is 5.69 Å². The molecule has 1 N–H and O–H groups in total. The molecular weight excluding hydrogens is 346 g/mol. The molecule has 1 amide bonds. The lowest BCUT2D eigenvalue weighted by atomic mass is 10.3. The number of hydrogen-bond acceptors (Lipinski definition) is 6. The molecule has 0 radical (unpaired) electrons. The standard InChI is InChI=1S/C15H19N5O4S/c1-25(22,23)19-7-8-24-13(10-19)9-16-15(21)14-11-20(18-17-14)12-5-3-2-4-6-12/h2-6,11,13H,7-10H2,1H3,(H,16,21)/t13-/m0/s1. The Labute approximate surface area is 145 Å². The predicted molar refractivity (Wildman–Crippen MR) is 89.8 cm³/mol. The topological polar surface area (TPSA) is 106 Å². The van der Waals surface area contributed by atoms with Crippen molar-refractivity contribution in [2.45, 2.75) is 6.10 Å². The molecule has 0 saturated carbocycles. The smallest absolute Gasteiger partial charge is 0.273 e. The zero-order valence-corrected chi connectivity index (χ0v) is 14.5. The highest BCUT2D eigenvalue weighted by Gasteiger charge is 2.27. The fourth-order valence-electron chi connectivity index (χ4n) is 2.49. The highest BCUT2D eigenvalue weighted by Crippen LogP contribution is 2.09. The first-order valence-corrected chi connectivity index (χ1v) is 9.61. The monoisotopic (exact) mass is 365 g/mol. The van der Waals surface area contributed by atoms with Gasteiger partial charge in [-0.1, -0.05) is 23.4 Å². The molecule has 2 aromatic rings. The van der Waals surface area contributed by atoms with Gasteiger partial charge in [-0.2, -0.15) is 4.31 Å². The zero-order valence-electron chi connectivity index (χ0n) is 13.7. The summed E-state index contributed by atoms with van der Waals surface area (Å²) in [7, 11) is -3.26. The Morgan fingerprint density at radius 3 is 2.84 bits per heavy atom. The van der Waals surface area contributed by atoms with E-state index in [2.05, 4.69) is 15.6 Å². The van der Waals surface area contributed by atoms with Crippen molar-refractivity contribution in [3.63, 3.8) is 0 Å². The minimum absolute atomic E-state index is 0.180. The van der Waals surface area contributed by atoms with Gasteiger partial charge in [-0.05, 0) is 12.1 Å². The third-order valence-electron chi connectivity index (χ3n) is 3.81. The molecule has 0 unspecified atom stereocenters. The number of para-hydroxylation sites is 1. The normalized spacial score (nSPS) is 18.8. The fraction of sp³-hybridized carbons (Fsp3) is 0.400. The third-order valence-corrected chi connectivity index (χ3v) is 5.08. The van der Waals surface area contributed by atoms with Crippen molar-refractivity contribution in [1.29, 1.82) is 0 Å². The van der Waals surface area contributed by atoms with Gasteiger partial charge < -0.3 is 10.1 Å². The van der Waals surface area contributed by atoms with Gasteiger partial charge in [-0.3, -0.25) is 4.79 Å². The van der Waals surface area contributed by atoms with E-state index in [0.717, 1.165) is 11.9 Å². The van der Waals surface area contributed by atoms with Crippen LogP contribution in [-0.2, 0) is 14.8 Å². The van der Waals surface area contributed by atoms with Crippen LogP contribution in [0.1, 0.15) is 10.5 Å². The van der Waals surface area contributed by atoms with Gasteiger partial charge >= 0.3 is 0 Å². The van der Waals surface area contributed by atoms with Gasteiger partial charge in [-0.25, -0.2) is 13.1 Å². The van der Waals surface area contributed by atoms with Gasteiger partial charge in [0.25, 0.3) is 5.91 Å². The van der Waals surface area contributed by atoms with Crippen molar-refractivity contribution in [3.05, 3.63) is 42.2 Å². The van der Waals surface area contributed by atoms with Crippen molar-refractivity contribution in [3.8, 4) is 5.69 Å². The zero-order chi connectivity index (χ0) is 17.9. The molecule has 1 aromatic heterocycles. The first-order valence-electron chi connectivity index (χ1n) is 7.76. The molecule has 2 heterocycles. The Balaban J connectivity index is 1.57. The number of hydrogen-bond donors (Lipinski definition) is 1. The number of aromatic nitrogens is 3. The van der Waals surface area contributed by atoms with E-state index >= 15 is 0 Å². The summed E-state index contributed by atoms with van der Waals surface area (Å²) < 4.78 is 31.5. The second-order valence-corrected chi connectivity index (χ2v) is 7.69. The molecule has 0 spiro atoms. The summed E-state index contributed by atoms with van der Waals surface area (Å²) in [6, 6.07) is 9.32. The summed E-state index contributed by atoms with van der Waals surface area (Å²) in [6.45, 7) is 1.05. The van der Waals surface area contributed by atoms with Crippen LogP contribution in [0.2, 0.25) is 0 Å². The van der Waals surface area contributed by atoms with Crippen molar-refractivity contribution in [1.82, 2.24) is 24.6 Å². The third kappa shape index (κ3) is 4.41. The second kappa shape index (κ2) is 7.30. The molecule has 1 atom stereocenters. The van der Waals surface area contributed by atoms with Crippen molar-refractivity contribution < 1.29 is 17.9 Å². The SMILES string of the molecule is CS(=O)(=O)N1CCO[C@@H](CNC(=O)c2cn(-c3ccccc3)nn2)C1. The largest absolute Gasteiger partial charge is 0.374 e. The van der Waals surface area contributed by atoms with E-state index in [-0.39, 0.29) is 24.7 Å². The Bertz CT molecular complexity index is 837. The number of nitrogens with zero attached hydrogens (tertiary/aromatic N) is 4. The number of sulfonamides is 1. The van der Waals surface area contributed by atoms with Crippen LogP contribution in [0.5, 0.6) is 0 Å². The summed E-state index contributed by atoms with van der Waals surface area (Å²) in [5.74, 6) is -0.387. The number of carbonyl (C=O) groups is 1.